The zero-order valence-electron chi connectivity index (χ0n) is 15.4. The lowest BCUT2D eigenvalue weighted by Gasteiger charge is -2.37. The minimum Gasteiger partial charge on any atom is -0.444 e. The summed E-state index contributed by atoms with van der Waals surface area (Å²) in [6.07, 6.45) is 1.48. The lowest BCUT2D eigenvalue weighted by atomic mass is 9.86. The second-order valence-corrected chi connectivity index (χ2v) is 7.74. The third-order valence-electron chi connectivity index (χ3n) is 4.02. The molecule has 0 saturated heterocycles. The molecule has 23 heavy (non-hydrogen) atoms. The highest BCUT2D eigenvalue weighted by molar-refractivity contribution is 5.68. The van der Waals surface area contributed by atoms with Crippen molar-refractivity contribution in [2.24, 2.45) is 0 Å². The van der Waals surface area contributed by atoms with Gasteiger partial charge < -0.3 is 15.4 Å². The van der Waals surface area contributed by atoms with Gasteiger partial charge in [-0.05, 0) is 61.3 Å². The molecular weight excluding hydrogens is 292 g/mol. The minimum atomic E-state index is -0.453. The number of rotatable bonds is 4. The summed E-state index contributed by atoms with van der Waals surface area (Å²) in [5, 5.41) is 11.1. The number of nitrogens with one attached hydrogen (secondary N) is 2. The topological polar surface area (TPSA) is 68.2 Å². The molecule has 1 heterocycles. The van der Waals surface area contributed by atoms with E-state index >= 15 is 0 Å². The molecule has 6 heteroatoms. The molecule has 6 nitrogen and oxygen atoms in total. The first kappa shape index (κ1) is 17.6. The standard InChI is InChI=1S/C17H30N4O2/c1-10(2)21-12(4)15(11(3)20-21)18-13-8-14(9-13)19-16(22)23-17(5,6)7/h10,13-14,18H,8-9H2,1-7H3,(H,19,22). The van der Waals surface area contributed by atoms with Gasteiger partial charge >= 0.3 is 6.09 Å². The number of aromatic nitrogens is 2. The fraction of sp³-hybridized carbons (Fsp3) is 0.765. The van der Waals surface area contributed by atoms with E-state index in [1.165, 1.54) is 5.69 Å². The van der Waals surface area contributed by atoms with E-state index in [0.29, 0.717) is 12.1 Å². The summed E-state index contributed by atoms with van der Waals surface area (Å²) in [5.74, 6) is 0. The maximum atomic E-state index is 11.7. The molecular formula is C17H30N4O2. The van der Waals surface area contributed by atoms with Crippen LogP contribution in [0.3, 0.4) is 0 Å². The van der Waals surface area contributed by atoms with E-state index in [2.05, 4.69) is 36.5 Å². The minimum absolute atomic E-state index is 0.183. The summed E-state index contributed by atoms with van der Waals surface area (Å²) in [6, 6.07) is 0.910. The molecule has 1 fully saturated rings. The summed E-state index contributed by atoms with van der Waals surface area (Å²) in [5.41, 5.74) is 2.87. The van der Waals surface area contributed by atoms with Crippen molar-refractivity contribution < 1.29 is 9.53 Å². The maximum absolute atomic E-state index is 11.7. The molecule has 1 aliphatic rings. The molecule has 0 spiro atoms. The highest BCUT2D eigenvalue weighted by atomic mass is 16.6. The second kappa shape index (κ2) is 6.42. The number of nitrogens with zero attached hydrogens (tertiary/aromatic N) is 2. The number of aryl methyl sites for hydroxylation is 1. The first-order valence-corrected chi connectivity index (χ1v) is 8.38. The van der Waals surface area contributed by atoms with Crippen LogP contribution in [0.1, 0.15) is 64.9 Å². The average molecular weight is 322 g/mol. The molecule has 130 valence electrons. The van der Waals surface area contributed by atoms with Crippen LogP contribution in [-0.2, 0) is 4.74 Å². The lowest BCUT2D eigenvalue weighted by Crippen LogP contribution is -2.50. The van der Waals surface area contributed by atoms with E-state index in [4.69, 9.17) is 4.74 Å². The van der Waals surface area contributed by atoms with Crippen LogP contribution in [0.25, 0.3) is 0 Å². The van der Waals surface area contributed by atoms with Crippen LogP contribution < -0.4 is 10.6 Å². The monoisotopic (exact) mass is 322 g/mol. The first-order chi connectivity index (χ1) is 10.6. The van der Waals surface area contributed by atoms with Crippen molar-refractivity contribution in [1.29, 1.82) is 0 Å². The highest BCUT2D eigenvalue weighted by Gasteiger charge is 2.32. The highest BCUT2D eigenvalue weighted by Crippen LogP contribution is 2.29. The molecule has 0 aliphatic heterocycles. The second-order valence-electron chi connectivity index (χ2n) is 7.74. The van der Waals surface area contributed by atoms with E-state index in [1.807, 2.05) is 32.4 Å². The zero-order chi connectivity index (χ0) is 17.4. The van der Waals surface area contributed by atoms with Gasteiger partial charge in [-0.1, -0.05) is 0 Å². The molecule has 0 radical (unpaired) electrons. The lowest BCUT2D eigenvalue weighted by molar-refractivity contribution is 0.0475. The molecule has 0 aromatic carbocycles. The molecule has 0 unspecified atom stereocenters. The summed E-state index contributed by atoms with van der Waals surface area (Å²) in [4.78, 5) is 11.7. The largest absolute Gasteiger partial charge is 0.444 e. The van der Waals surface area contributed by atoms with Gasteiger partial charge in [-0.3, -0.25) is 4.68 Å². The molecule has 0 atom stereocenters. The summed E-state index contributed by atoms with van der Waals surface area (Å²) in [7, 11) is 0. The smallest absolute Gasteiger partial charge is 0.407 e. The Morgan fingerprint density at radius 2 is 1.87 bits per heavy atom. The Morgan fingerprint density at radius 3 is 2.35 bits per heavy atom. The number of amides is 1. The fourth-order valence-corrected chi connectivity index (χ4v) is 2.91. The number of ether oxygens (including phenoxy) is 1. The van der Waals surface area contributed by atoms with Gasteiger partial charge in [-0.2, -0.15) is 5.10 Å². The van der Waals surface area contributed by atoms with Crippen LogP contribution in [0.15, 0.2) is 0 Å². The average Bonchev–Trinajstić information content (AvgIpc) is 2.61. The Balaban J connectivity index is 1.84. The van der Waals surface area contributed by atoms with Crippen LogP contribution in [0.4, 0.5) is 10.5 Å². The molecule has 1 aromatic rings. The number of carbonyl (C=O) groups is 1. The molecule has 1 aliphatic carbocycles. The van der Waals surface area contributed by atoms with Gasteiger partial charge in [-0.25, -0.2) is 4.79 Å². The Kier molecular flexibility index (Phi) is 4.92. The van der Waals surface area contributed by atoms with Gasteiger partial charge in [0.05, 0.1) is 17.1 Å². The number of hydrogen-bond donors (Lipinski definition) is 2. The predicted molar refractivity (Wildman–Crippen MR) is 91.9 cm³/mol. The Hall–Kier alpha value is -1.72. The number of anilines is 1. The summed E-state index contributed by atoms with van der Waals surface area (Å²) >= 11 is 0. The number of hydrogen-bond acceptors (Lipinski definition) is 4. The quantitative estimate of drug-likeness (QED) is 0.889. The van der Waals surface area contributed by atoms with E-state index < -0.39 is 5.60 Å². The Bertz CT molecular complexity index is 566. The van der Waals surface area contributed by atoms with Crippen molar-refractivity contribution in [2.45, 2.75) is 85.0 Å². The van der Waals surface area contributed by atoms with Gasteiger partial charge in [0.2, 0.25) is 0 Å². The molecule has 1 saturated carbocycles. The van der Waals surface area contributed by atoms with Gasteiger partial charge in [0.25, 0.3) is 0 Å². The molecule has 1 amide bonds. The first-order valence-electron chi connectivity index (χ1n) is 8.38. The summed E-state index contributed by atoms with van der Waals surface area (Å²) < 4.78 is 7.33. The molecule has 0 bridgehead atoms. The van der Waals surface area contributed by atoms with E-state index in [1.54, 1.807) is 0 Å². The molecule has 2 N–H and O–H groups in total. The third kappa shape index (κ3) is 4.39. The fourth-order valence-electron chi connectivity index (χ4n) is 2.91. The van der Waals surface area contributed by atoms with Crippen LogP contribution in [0.2, 0.25) is 0 Å². The number of alkyl carbamates (subject to hydrolysis) is 1. The van der Waals surface area contributed by atoms with Gasteiger partial charge in [0.15, 0.2) is 0 Å². The normalized spacial score (nSPS) is 21.0. The van der Waals surface area contributed by atoms with Crippen LogP contribution >= 0.6 is 0 Å². The SMILES string of the molecule is Cc1nn(C(C)C)c(C)c1NC1CC(NC(=O)OC(C)(C)C)C1. The van der Waals surface area contributed by atoms with E-state index in [9.17, 15) is 4.79 Å². The van der Waals surface area contributed by atoms with Crippen molar-refractivity contribution in [3.8, 4) is 0 Å². The van der Waals surface area contributed by atoms with Crippen molar-refractivity contribution in [3.63, 3.8) is 0 Å². The van der Waals surface area contributed by atoms with E-state index in [-0.39, 0.29) is 12.1 Å². The summed E-state index contributed by atoms with van der Waals surface area (Å²) in [6.45, 7) is 14.0. The van der Waals surface area contributed by atoms with Crippen LogP contribution in [-0.4, -0.2) is 33.6 Å². The van der Waals surface area contributed by atoms with Crippen molar-refractivity contribution >= 4 is 11.8 Å². The zero-order valence-corrected chi connectivity index (χ0v) is 15.4. The Labute approximate surface area is 139 Å². The van der Waals surface area contributed by atoms with E-state index in [0.717, 1.165) is 24.2 Å². The van der Waals surface area contributed by atoms with Crippen molar-refractivity contribution in [3.05, 3.63) is 11.4 Å². The molecule has 1 aromatic heterocycles. The van der Waals surface area contributed by atoms with Crippen LogP contribution in [0, 0.1) is 13.8 Å². The van der Waals surface area contributed by atoms with Gasteiger partial charge in [0, 0.05) is 18.1 Å². The maximum Gasteiger partial charge on any atom is 0.407 e. The van der Waals surface area contributed by atoms with Crippen LogP contribution in [0.5, 0.6) is 0 Å². The number of carbonyl (C=O) groups excluding carboxylic acids is 1. The van der Waals surface area contributed by atoms with Crippen molar-refractivity contribution in [1.82, 2.24) is 15.1 Å². The Morgan fingerprint density at radius 1 is 1.26 bits per heavy atom. The third-order valence-corrected chi connectivity index (χ3v) is 4.02. The van der Waals surface area contributed by atoms with Gasteiger partial charge in [0.1, 0.15) is 5.60 Å². The van der Waals surface area contributed by atoms with Crippen molar-refractivity contribution in [2.75, 3.05) is 5.32 Å². The predicted octanol–water partition coefficient (Wildman–Crippen LogP) is 3.55. The molecule has 2 rings (SSSR count). The van der Waals surface area contributed by atoms with Gasteiger partial charge in [-0.15, -0.1) is 0 Å².